The van der Waals surface area contributed by atoms with E-state index in [1.807, 2.05) is 18.2 Å². The zero-order chi connectivity index (χ0) is 21.6. The van der Waals surface area contributed by atoms with Crippen molar-refractivity contribution in [1.29, 1.82) is 0 Å². The van der Waals surface area contributed by atoms with Gasteiger partial charge in [0, 0.05) is 12.0 Å². The number of carbonyl (C=O) groups excluding carboxylic acids is 3. The molecular weight excluding hydrogens is 447 g/mol. The van der Waals surface area contributed by atoms with Crippen molar-refractivity contribution in [2.24, 2.45) is 23.7 Å². The van der Waals surface area contributed by atoms with Crippen LogP contribution >= 0.6 is 34.8 Å². The Morgan fingerprint density at radius 2 is 1.77 bits per heavy atom. The van der Waals surface area contributed by atoms with Crippen molar-refractivity contribution in [2.45, 2.75) is 42.4 Å². The van der Waals surface area contributed by atoms with Gasteiger partial charge in [0.15, 0.2) is 0 Å². The number of alkyl halides is 3. The summed E-state index contributed by atoms with van der Waals surface area (Å²) in [5.74, 6) is -2.27. The Morgan fingerprint density at radius 3 is 2.40 bits per heavy atom. The first-order valence-electron chi connectivity index (χ1n) is 10.2. The minimum atomic E-state index is -2.07. The van der Waals surface area contributed by atoms with E-state index >= 15 is 0 Å². The number of amides is 3. The molecule has 1 aliphatic heterocycles. The molecule has 1 aromatic rings. The molecule has 160 valence electrons. The first kappa shape index (κ1) is 21.7. The molecule has 1 heterocycles. The van der Waals surface area contributed by atoms with Gasteiger partial charge < -0.3 is 5.32 Å². The number of hydrogen-bond acceptors (Lipinski definition) is 3. The van der Waals surface area contributed by atoms with Crippen molar-refractivity contribution < 1.29 is 14.4 Å². The second kappa shape index (κ2) is 8.18. The van der Waals surface area contributed by atoms with Gasteiger partial charge >= 0.3 is 0 Å². The number of hydrogen-bond donors (Lipinski definition) is 1. The summed E-state index contributed by atoms with van der Waals surface area (Å²) >= 11 is 17.2. The van der Waals surface area contributed by atoms with E-state index in [0.717, 1.165) is 24.8 Å². The number of carbonyl (C=O) groups is 3. The molecular formula is C22H23Cl3N2O3. The van der Waals surface area contributed by atoms with Crippen molar-refractivity contribution in [3.63, 3.8) is 0 Å². The zero-order valence-corrected chi connectivity index (χ0v) is 18.8. The van der Waals surface area contributed by atoms with Crippen LogP contribution < -0.4 is 10.2 Å². The molecule has 1 saturated carbocycles. The van der Waals surface area contributed by atoms with Crippen LogP contribution in [0.5, 0.6) is 0 Å². The number of anilines is 1. The number of halogens is 3. The third kappa shape index (κ3) is 3.65. The van der Waals surface area contributed by atoms with Gasteiger partial charge in [-0.2, -0.15) is 0 Å². The molecule has 2 fully saturated rings. The number of para-hydroxylation sites is 1. The maximum absolute atomic E-state index is 13.6. The predicted molar refractivity (Wildman–Crippen MR) is 117 cm³/mol. The number of benzene rings is 1. The Balaban J connectivity index is 1.71. The molecule has 1 N–H and O–H groups in total. The number of nitrogens with one attached hydrogen (secondary N) is 1. The smallest absolute Gasteiger partial charge is 0.272 e. The molecule has 0 unspecified atom stereocenters. The molecule has 5 nitrogen and oxygen atoms in total. The molecule has 3 amide bonds. The van der Waals surface area contributed by atoms with Crippen molar-refractivity contribution in [3.8, 4) is 0 Å². The van der Waals surface area contributed by atoms with Gasteiger partial charge in [0.1, 0.15) is 0 Å². The summed E-state index contributed by atoms with van der Waals surface area (Å²) in [7, 11) is 0. The number of nitrogens with zero attached hydrogens (tertiary/aromatic N) is 1. The monoisotopic (exact) mass is 468 g/mol. The average molecular weight is 470 g/mol. The minimum absolute atomic E-state index is 0.0130. The summed E-state index contributed by atoms with van der Waals surface area (Å²) in [5, 5.41) is 2.81. The Bertz CT molecular complexity index is 897. The normalized spacial score (nSPS) is 30.7. The lowest BCUT2D eigenvalue weighted by Gasteiger charge is -2.36. The highest BCUT2D eigenvalue weighted by Crippen LogP contribution is 2.52. The molecule has 30 heavy (non-hydrogen) atoms. The van der Waals surface area contributed by atoms with E-state index in [-0.39, 0.29) is 29.7 Å². The summed E-state index contributed by atoms with van der Waals surface area (Å²) in [6.45, 7) is 2.08. The highest BCUT2D eigenvalue weighted by atomic mass is 35.6. The second-order valence-electron chi connectivity index (χ2n) is 8.24. The molecule has 0 radical (unpaired) electrons. The predicted octanol–water partition coefficient (Wildman–Crippen LogP) is 4.41. The third-order valence-electron chi connectivity index (χ3n) is 6.49. The topological polar surface area (TPSA) is 66.5 Å². The van der Waals surface area contributed by atoms with E-state index in [1.165, 1.54) is 4.90 Å². The van der Waals surface area contributed by atoms with Crippen molar-refractivity contribution >= 4 is 58.2 Å². The standard InChI is InChI=1S/C22H23Cl3N2O3/c1-2-6-12-11-13-9-10-15(26-21(30)22(23,24)25)16(13)18-17(12)19(28)27(20(18)29)14-7-4-3-5-8-14/h3-5,7-8,11-12,15-18H,2,6,9-10H2,1H3,(H,26,30)/t12-,15+,16-,17-,18+/m0/s1. The van der Waals surface area contributed by atoms with Gasteiger partial charge in [-0.15, -0.1) is 0 Å². The highest BCUT2D eigenvalue weighted by molar-refractivity contribution is 6.76. The lowest BCUT2D eigenvalue weighted by molar-refractivity contribution is -0.125. The number of allylic oxidation sites excluding steroid dienone is 1. The van der Waals surface area contributed by atoms with Gasteiger partial charge in [-0.25, -0.2) is 0 Å². The maximum Gasteiger partial charge on any atom is 0.272 e. The van der Waals surface area contributed by atoms with Crippen LogP contribution in [0.2, 0.25) is 0 Å². The third-order valence-corrected chi connectivity index (χ3v) is 7.01. The first-order chi connectivity index (χ1) is 14.2. The number of imide groups is 1. The Kier molecular flexibility index (Phi) is 5.90. The quantitative estimate of drug-likeness (QED) is 0.403. The van der Waals surface area contributed by atoms with Crippen LogP contribution in [0.4, 0.5) is 5.69 Å². The minimum Gasteiger partial charge on any atom is -0.349 e. The Labute approximate surface area is 190 Å². The van der Waals surface area contributed by atoms with E-state index < -0.39 is 21.5 Å². The van der Waals surface area contributed by atoms with Crippen molar-refractivity contribution in [3.05, 3.63) is 42.0 Å². The fourth-order valence-electron chi connectivity index (χ4n) is 5.36. The van der Waals surface area contributed by atoms with Crippen molar-refractivity contribution in [1.82, 2.24) is 5.32 Å². The molecule has 4 rings (SSSR count). The molecule has 0 aromatic heterocycles. The Hall–Kier alpha value is -1.56. The fourth-order valence-corrected chi connectivity index (χ4v) is 5.52. The van der Waals surface area contributed by atoms with E-state index in [2.05, 4.69) is 18.3 Å². The summed E-state index contributed by atoms with van der Waals surface area (Å²) in [6.07, 6.45) is 5.33. The summed E-state index contributed by atoms with van der Waals surface area (Å²) in [6, 6.07) is 8.66. The molecule has 2 aliphatic carbocycles. The van der Waals surface area contributed by atoms with Gasteiger partial charge in [0.05, 0.1) is 17.5 Å². The van der Waals surface area contributed by atoms with Crippen LogP contribution in [0.15, 0.2) is 42.0 Å². The molecule has 8 heteroatoms. The summed E-state index contributed by atoms with van der Waals surface area (Å²) in [4.78, 5) is 40.6. The van der Waals surface area contributed by atoms with E-state index in [1.54, 1.807) is 12.1 Å². The Morgan fingerprint density at radius 1 is 1.10 bits per heavy atom. The summed E-state index contributed by atoms with van der Waals surface area (Å²) < 4.78 is -2.07. The van der Waals surface area contributed by atoms with Crippen LogP contribution in [0.3, 0.4) is 0 Å². The fraction of sp³-hybridized carbons (Fsp3) is 0.500. The number of rotatable bonds is 4. The van der Waals surface area contributed by atoms with Crippen LogP contribution in [0.25, 0.3) is 0 Å². The molecule has 0 bridgehead atoms. The van der Waals surface area contributed by atoms with Gasteiger partial charge in [0.25, 0.3) is 9.70 Å². The summed E-state index contributed by atoms with van der Waals surface area (Å²) in [5.41, 5.74) is 1.71. The molecule has 3 aliphatic rings. The molecule has 1 aromatic carbocycles. The van der Waals surface area contributed by atoms with Crippen LogP contribution in [0.1, 0.15) is 32.6 Å². The highest BCUT2D eigenvalue weighted by Gasteiger charge is 2.59. The lowest BCUT2D eigenvalue weighted by atomic mass is 9.67. The first-order valence-corrected chi connectivity index (χ1v) is 11.4. The zero-order valence-electron chi connectivity index (χ0n) is 16.5. The lowest BCUT2D eigenvalue weighted by Crippen LogP contribution is -2.48. The van der Waals surface area contributed by atoms with Gasteiger partial charge in [0.2, 0.25) is 11.8 Å². The number of fused-ring (bicyclic) bond motifs is 3. The molecule has 5 atom stereocenters. The SMILES string of the molecule is CCC[C@H]1C=C2CC[C@@H](NC(=O)C(Cl)(Cl)Cl)[C@H]2[C@H]2C(=O)N(c3ccccc3)C(=O)[C@H]21. The largest absolute Gasteiger partial charge is 0.349 e. The van der Waals surface area contributed by atoms with Gasteiger partial charge in [-0.1, -0.05) is 78.0 Å². The van der Waals surface area contributed by atoms with Crippen LogP contribution in [-0.4, -0.2) is 27.6 Å². The average Bonchev–Trinajstić information content (AvgIpc) is 3.20. The van der Waals surface area contributed by atoms with E-state index in [4.69, 9.17) is 34.8 Å². The van der Waals surface area contributed by atoms with E-state index in [9.17, 15) is 14.4 Å². The maximum atomic E-state index is 13.6. The van der Waals surface area contributed by atoms with Crippen molar-refractivity contribution in [2.75, 3.05) is 4.90 Å². The second-order valence-corrected chi connectivity index (χ2v) is 10.5. The van der Waals surface area contributed by atoms with Gasteiger partial charge in [-0.3, -0.25) is 19.3 Å². The van der Waals surface area contributed by atoms with Crippen LogP contribution in [0, 0.1) is 23.7 Å². The van der Waals surface area contributed by atoms with E-state index in [0.29, 0.717) is 12.1 Å². The van der Waals surface area contributed by atoms with Crippen LogP contribution in [-0.2, 0) is 14.4 Å². The molecule has 1 saturated heterocycles. The molecule has 0 spiro atoms. The van der Waals surface area contributed by atoms with Gasteiger partial charge in [-0.05, 0) is 37.3 Å².